The Labute approximate surface area is 125 Å². The first-order valence-electron chi connectivity index (χ1n) is 7.42. The highest BCUT2D eigenvalue weighted by Gasteiger charge is 2.18. The summed E-state index contributed by atoms with van der Waals surface area (Å²) in [4.78, 5) is 2.62. The molecule has 0 N–H and O–H groups in total. The van der Waals surface area contributed by atoms with Crippen molar-refractivity contribution >= 4 is 15.9 Å². The van der Waals surface area contributed by atoms with Gasteiger partial charge in [-0.2, -0.15) is 0 Å². The van der Waals surface area contributed by atoms with Crippen LogP contribution in [0.4, 0.5) is 0 Å². The van der Waals surface area contributed by atoms with Crippen LogP contribution in [0, 0.1) is 0 Å². The Balaban J connectivity index is 1.80. The molecule has 19 heavy (non-hydrogen) atoms. The Morgan fingerprint density at radius 3 is 3.00 bits per heavy atom. The Kier molecular flexibility index (Phi) is 6.18. The van der Waals surface area contributed by atoms with E-state index >= 15 is 0 Å². The molecule has 2 nitrogen and oxygen atoms in total. The highest BCUT2D eigenvalue weighted by atomic mass is 79.9. The molecule has 0 saturated carbocycles. The number of nitrogens with zero attached hydrogens (tertiary/aromatic N) is 1. The smallest absolute Gasteiger partial charge is 0.120 e. The van der Waals surface area contributed by atoms with E-state index in [2.05, 4.69) is 27.8 Å². The summed E-state index contributed by atoms with van der Waals surface area (Å²) in [5.41, 5.74) is 0. The molecule has 1 aromatic carbocycles. The number of ether oxygens (including phenoxy) is 1. The molecule has 1 saturated heterocycles. The monoisotopic (exact) mass is 325 g/mol. The lowest BCUT2D eigenvalue weighted by molar-refractivity contribution is 0.158. The first-order chi connectivity index (χ1) is 9.29. The predicted molar refractivity (Wildman–Crippen MR) is 83.8 cm³/mol. The van der Waals surface area contributed by atoms with Crippen LogP contribution < -0.4 is 4.74 Å². The molecule has 0 spiro atoms. The van der Waals surface area contributed by atoms with E-state index < -0.39 is 0 Å². The largest absolute Gasteiger partial charge is 0.492 e. The van der Waals surface area contributed by atoms with E-state index in [1.54, 1.807) is 0 Å². The van der Waals surface area contributed by atoms with Gasteiger partial charge in [-0.3, -0.25) is 4.90 Å². The van der Waals surface area contributed by atoms with Crippen molar-refractivity contribution in [2.24, 2.45) is 0 Å². The van der Waals surface area contributed by atoms with E-state index in [9.17, 15) is 0 Å². The van der Waals surface area contributed by atoms with Gasteiger partial charge in [-0.25, -0.2) is 0 Å². The molecule has 106 valence electrons. The molecule has 1 aromatic rings. The van der Waals surface area contributed by atoms with Crippen LogP contribution >= 0.6 is 15.9 Å². The summed E-state index contributed by atoms with van der Waals surface area (Å²) < 4.78 is 6.93. The van der Waals surface area contributed by atoms with Crippen molar-refractivity contribution in [1.82, 2.24) is 4.90 Å². The average molecular weight is 326 g/mol. The molecule has 0 amide bonds. The Morgan fingerprint density at radius 1 is 1.32 bits per heavy atom. The first-order valence-corrected chi connectivity index (χ1v) is 8.21. The van der Waals surface area contributed by atoms with Gasteiger partial charge in [0.05, 0.1) is 0 Å². The number of rotatable bonds is 5. The summed E-state index contributed by atoms with van der Waals surface area (Å²) in [6.07, 6.45) is 6.73. The van der Waals surface area contributed by atoms with Crippen molar-refractivity contribution in [3.63, 3.8) is 0 Å². The fourth-order valence-electron chi connectivity index (χ4n) is 2.83. The molecule has 1 unspecified atom stereocenters. The SMILES string of the molecule is CCC1CCCCCN1CCOc1cccc(Br)c1. The van der Waals surface area contributed by atoms with Crippen LogP contribution in [-0.4, -0.2) is 30.6 Å². The Morgan fingerprint density at radius 2 is 2.21 bits per heavy atom. The second-order valence-corrected chi connectivity index (χ2v) is 6.17. The molecular weight excluding hydrogens is 302 g/mol. The van der Waals surface area contributed by atoms with Gasteiger partial charge in [0.1, 0.15) is 12.4 Å². The van der Waals surface area contributed by atoms with E-state index in [0.717, 1.165) is 29.4 Å². The first kappa shape index (κ1) is 14.9. The van der Waals surface area contributed by atoms with Gasteiger partial charge < -0.3 is 4.74 Å². The summed E-state index contributed by atoms with van der Waals surface area (Å²) in [6, 6.07) is 8.84. The molecule has 0 bridgehead atoms. The van der Waals surface area contributed by atoms with Crippen LogP contribution in [0.2, 0.25) is 0 Å². The van der Waals surface area contributed by atoms with E-state index in [1.165, 1.54) is 38.6 Å². The third-order valence-corrected chi connectivity index (χ3v) is 4.41. The number of benzene rings is 1. The Bertz CT molecular complexity index is 383. The highest BCUT2D eigenvalue weighted by Crippen LogP contribution is 2.20. The van der Waals surface area contributed by atoms with Crippen molar-refractivity contribution in [3.8, 4) is 5.75 Å². The van der Waals surface area contributed by atoms with Crippen LogP contribution in [0.5, 0.6) is 5.75 Å². The molecular formula is C16H24BrNO. The second-order valence-electron chi connectivity index (χ2n) is 5.25. The lowest BCUT2D eigenvalue weighted by Crippen LogP contribution is -2.37. The van der Waals surface area contributed by atoms with E-state index in [4.69, 9.17) is 4.74 Å². The maximum absolute atomic E-state index is 5.85. The van der Waals surface area contributed by atoms with Crippen molar-refractivity contribution in [3.05, 3.63) is 28.7 Å². The zero-order valence-electron chi connectivity index (χ0n) is 11.8. The van der Waals surface area contributed by atoms with Gasteiger partial charge in [0.25, 0.3) is 0 Å². The van der Waals surface area contributed by atoms with E-state index in [1.807, 2.05) is 24.3 Å². The molecule has 1 atom stereocenters. The summed E-state index contributed by atoms with van der Waals surface area (Å²) >= 11 is 3.47. The second kappa shape index (κ2) is 7.91. The third-order valence-electron chi connectivity index (χ3n) is 3.91. The van der Waals surface area contributed by atoms with Crippen molar-refractivity contribution in [2.75, 3.05) is 19.7 Å². The normalized spacial score (nSPS) is 21.1. The topological polar surface area (TPSA) is 12.5 Å². The minimum absolute atomic E-state index is 0.758. The quantitative estimate of drug-likeness (QED) is 0.791. The molecule has 0 aliphatic carbocycles. The zero-order chi connectivity index (χ0) is 13.5. The van der Waals surface area contributed by atoms with Crippen molar-refractivity contribution < 1.29 is 4.74 Å². The minimum Gasteiger partial charge on any atom is -0.492 e. The van der Waals surface area contributed by atoms with Gasteiger partial charge in [0.2, 0.25) is 0 Å². The number of hydrogen-bond acceptors (Lipinski definition) is 2. The van der Waals surface area contributed by atoms with E-state index in [-0.39, 0.29) is 0 Å². The molecule has 0 aromatic heterocycles. The minimum atomic E-state index is 0.758. The maximum Gasteiger partial charge on any atom is 0.120 e. The molecule has 1 aliphatic heterocycles. The average Bonchev–Trinajstić information content (AvgIpc) is 2.64. The summed E-state index contributed by atoms with van der Waals surface area (Å²) in [5.74, 6) is 0.956. The van der Waals surface area contributed by atoms with Crippen LogP contribution in [0.1, 0.15) is 39.0 Å². The molecule has 1 fully saturated rings. The fourth-order valence-corrected chi connectivity index (χ4v) is 3.21. The van der Waals surface area contributed by atoms with Gasteiger partial charge in [-0.15, -0.1) is 0 Å². The van der Waals surface area contributed by atoms with Crippen LogP contribution in [0.25, 0.3) is 0 Å². The van der Waals surface area contributed by atoms with Gasteiger partial charge in [-0.05, 0) is 44.0 Å². The number of likely N-dealkylation sites (tertiary alicyclic amines) is 1. The van der Waals surface area contributed by atoms with Crippen LogP contribution in [0.3, 0.4) is 0 Å². The fraction of sp³-hybridized carbons (Fsp3) is 0.625. The van der Waals surface area contributed by atoms with Crippen LogP contribution in [-0.2, 0) is 0 Å². The Hall–Kier alpha value is -0.540. The van der Waals surface area contributed by atoms with Gasteiger partial charge in [-0.1, -0.05) is 41.8 Å². The van der Waals surface area contributed by atoms with Gasteiger partial charge in [0, 0.05) is 17.1 Å². The van der Waals surface area contributed by atoms with E-state index in [0.29, 0.717) is 0 Å². The number of halogens is 1. The van der Waals surface area contributed by atoms with Crippen molar-refractivity contribution in [2.45, 2.75) is 45.1 Å². The summed E-state index contributed by atoms with van der Waals surface area (Å²) in [7, 11) is 0. The summed E-state index contributed by atoms with van der Waals surface area (Å²) in [5, 5.41) is 0. The maximum atomic E-state index is 5.85. The van der Waals surface area contributed by atoms with Gasteiger partial charge in [0.15, 0.2) is 0 Å². The standard InChI is InChI=1S/C16H24BrNO/c1-2-15-8-4-3-5-10-18(15)11-12-19-16-9-6-7-14(17)13-16/h6-7,9,13,15H,2-5,8,10-12H2,1H3. The lowest BCUT2D eigenvalue weighted by atomic mass is 10.1. The lowest BCUT2D eigenvalue weighted by Gasteiger charge is -2.28. The molecule has 3 heteroatoms. The van der Waals surface area contributed by atoms with Crippen LogP contribution in [0.15, 0.2) is 28.7 Å². The number of hydrogen-bond donors (Lipinski definition) is 0. The van der Waals surface area contributed by atoms with Gasteiger partial charge >= 0.3 is 0 Å². The highest BCUT2D eigenvalue weighted by molar-refractivity contribution is 9.10. The predicted octanol–water partition coefficient (Wildman–Crippen LogP) is 4.48. The van der Waals surface area contributed by atoms with Crippen molar-refractivity contribution in [1.29, 1.82) is 0 Å². The molecule has 1 aliphatic rings. The molecule has 0 radical (unpaired) electrons. The molecule has 1 heterocycles. The zero-order valence-corrected chi connectivity index (χ0v) is 13.4. The molecule has 2 rings (SSSR count). The third kappa shape index (κ3) is 4.81. The summed E-state index contributed by atoms with van der Waals surface area (Å²) in [6.45, 7) is 5.37.